The average Bonchev–Trinajstić information content (AvgIpc) is 2.50. The van der Waals surface area contributed by atoms with Crippen molar-refractivity contribution >= 4 is 23.0 Å². The molecule has 4 heteroatoms. The molecule has 0 radical (unpaired) electrons. The van der Waals surface area contributed by atoms with E-state index in [1.165, 1.54) is 47.2 Å². The fourth-order valence-corrected chi connectivity index (χ4v) is 72.3. The molecule has 0 spiro atoms. The number of nitrogens with zero attached hydrogens (tertiary/aromatic N) is 2. The third-order valence-corrected chi connectivity index (χ3v) is 68.3. The molecular formula is C16H40Ge2N2. The van der Waals surface area contributed by atoms with Crippen molar-refractivity contribution in [2.24, 2.45) is 0 Å². The molecule has 0 bridgehead atoms. The van der Waals surface area contributed by atoms with Crippen LogP contribution in [-0.2, 0) is 0 Å². The fourth-order valence-electron chi connectivity index (χ4n) is 4.96. The normalized spacial score (nSPS) is 13.5. The first-order valence-electron chi connectivity index (χ1n) is 9.03. The molecule has 0 rings (SSSR count). The quantitative estimate of drug-likeness (QED) is 0.459. The van der Waals surface area contributed by atoms with Gasteiger partial charge in [-0.25, -0.2) is 0 Å². The Bertz CT molecular complexity index is 217. The Morgan fingerprint density at radius 2 is 0.650 bits per heavy atom. The predicted octanol–water partition coefficient (Wildman–Crippen LogP) is 4.72. The maximum atomic E-state index is 3.01. The van der Waals surface area contributed by atoms with Crippen LogP contribution in [0.5, 0.6) is 0 Å². The van der Waals surface area contributed by atoms with Crippen LogP contribution < -0.4 is 0 Å². The minimum atomic E-state index is -1.94. The third-order valence-electron chi connectivity index (χ3n) is 5.94. The molecule has 0 fully saturated rings. The van der Waals surface area contributed by atoms with E-state index >= 15 is 0 Å². The SMILES string of the molecule is CC[N](CC)[Ge]([CH2]C)([CH2]C)[Ge]([CH2]C)([CH2]C)[N](CC)CC. The van der Waals surface area contributed by atoms with E-state index in [2.05, 4.69) is 63.1 Å². The molecule has 122 valence electrons. The molecule has 0 aromatic carbocycles. The van der Waals surface area contributed by atoms with Gasteiger partial charge in [0.1, 0.15) is 0 Å². The summed E-state index contributed by atoms with van der Waals surface area (Å²) in [6.07, 6.45) is 0. The fraction of sp³-hybridized carbons (Fsp3) is 1.00. The van der Waals surface area contributed by atoms with Crippen molar-refractivity contribution in [1.82, 2.24) is 7.71 Å². The first-order valence-corrected chi connectivity index (χ1v) is 23.3. The summed E-state index contributed by atoms with van der Waals surface area (Å²) in [6, 6.07) is 0. The summed E-state index contributed by atoms with van der Waals surface area (Å²) in [6.45, 7) is 24.8. The Labute approximate surface area is 133 Å². The van der Waals surface area contributed by atoms with Gasteiger partial charge in [-0.1, -0.05) is 0 Å². The van der Waals surface area contributed by atoms with Gasteiger partial charge < -0.3 is 0 Å². The van der Waals surface area contributed by atoms with Gasteiger partial charge in [0, 0.05) is 0 Å². The zero-order chi connectivity index (χ0) is 15.8. The van der Waals surface area contributed by atoms with Crippen LogP contribution in [0, 0.1) is 0 Å². The van der Waals surface area contributed by atoms with Crippen molar-refractivity contribution in [3.8, 4) is 0 Å². The molecule has 0 atom stereocenters. The van der Waals surface area contributed by atoms with Crippen LogP contribution in [0.3, 0.4) is 0 Å². The van der Waals surface area contributed by atoms with Crippen molar-refractivity contribution in [2.45, 2.75) is 76.4 Å². The van der Waals surface area contributed by atoms with Crippen LogP contribution in [0.15, 0.2) is 0 Å². The second kappa shape index (κ2) is 9.91. The second-order valence-corrected chi connectivity index (χ2v) is 43.4. The van der Waals surface area contributed by atoms with Crippen LogP contribution in [0.2, 0.25) is 21.0 Å². The van der Waals surface area contributed by atoms with Gasteiger partial charge >= 0.3 is 133 Å². The molecule has 0 unspecified atom stereocenters. The molecule has 0 aliphatic heterocycles. The van der Waals surface area contributed by atoms with E-state index in [-0.39, 0.29) is 0 Å². The Morgan fingerprint density at radius 3 is 0.750 bits per heavy atom. The molecule has 0 amide bonds. The van der Waals surface area contributed by atoms with Gasteiger partial charge in [-0.15, -0.1) is 0 Å². The first-order chi connectivity index (χ1) is 9.53. The molecule has 0 saturated heterocycles. The van der Waals surface area contributed by atoms with E-state index in [0.717, 1.165) is 0 Å². The number of hydrogen-bond acceptors (Lipinski definition) is 2. The minimum absolute atomic E-state index is 1.28. The van der Waals surface area contributed by atoms with Crippen molar-refractivity contribution in [2.75, 3.05) is 26.2 Å². The van der Waals surface area contributed by atoms with Gasteiger partial charge in [-0.3, -0.25) is 0 Å². The van der Waals surface area contributed by atoms with Gasteiger partial charge in [0.25, 0.3) is 0 Å². The Morgan fingerprint density at radius 1 is 0.450 bits per heavy atom. The van der Waals surface area contributed by atoms with Crippen LogP contribution in [-0.4, -0.2) is 56.9 Å². The Kier molecular flexibility index (Phi) is 10.4. The molecule has 0 heterocycles. The zero-order valence-electron chi connectivity index (χ0n) is 15.6. The summed E-state index contributed by atoms with van der Waals surface area (Å²) in [4.78, 5) is 0. The summed E-state index contributed by atoms with van der Waals surface area (Å²) >= 11 is -3.88. The van der Waals surface area contributed by atoms with E-state index in [0.29, 0.717) is 0 Å². The van der Waals surface area contributed by atoms with E-state index in [4.69, 9.17) is 0 Å². The van der Waals surface area contributed by atoms with E-state index in [1.54, 1.807) is 0 Å². The van der Waals surface area contributed by atoms with Crippen LogP contribution in [0.25, 0.3) is 0 Å². The van der Waals surface area contributed by atoms with Crippen LogP contribution in [0.4, 0.5) is 0 Å². The van der Waals surface area contributed by atoms with Gasteiger partial charge in [0.15, 0.2) is 0 Å². The summed E-state index contributed by atoms with van der Waals surface area (Å²) < 4.78 is 6.01. The standard InChI is InChI=1S/C16H40Ge2N2/c1-9-17(10-2,19(13-5)14-6)18(11-3,12-4)20(15-7)16-8/h9-16H2,1-8H3. The maximum absolute atomic E-state index is 3.01. The topological polar surface area (TPSA) is 6.48 Å². The first kappa shape index (κ1) is 21.0. The van der Waals surface area contributed by atoms with E-state index < -0.39 is 23.0 Å². The molecule has 0 aliphatic carbocycles. The van der Waals surface area contributed by atoms with Crippen LogP contribution >= 0.6 is 0 Å². The van der Waals surface area contributed by atoms with Gasteiger partial charge in [-0.2, -0.15) is 0 Å². The number of hydrogen-bond donors (Lipinski definition) is 0. The predicted molar refractivity (Wildman–Crippen MR) is 99.3 cm³/mol. The molecule has 20 heavy (non-hydrogen) atoms. The van der Waals surface area contributed by atoms with Gasteiger partial charge in [-0.05, 0) is 0 Å². The summed E-state index contributed by atoms with van der Waals surface area (Å²) in [7, 11) is 0. The average molecular weight is 406 g/mol. The molecular weight excluding hydrogens is 365 g/mol. The molecule has 0 aromatic rings. The molecule has 0 aromatic heterocycles. The number of rotatable bonds is 11. The molecule has 0 N–H and O–H groups in total. The van der Waals surface area contributed by atoms with Crippen molar-refractivity contribution in [3.05, 3.63) is 0 Å². The molecule has 0 aliphatic rings. The van der Waals surface area contributed by atoms with E-state index in [1.807, 2.05) is 0 Å². The monoisotopic (exact) mass is 408 g/mol. The zero-order valence-corrected chi connectivity index (χ0v) is 19.7. The molecule has 2 nitrogen and oxygen atoms in total. The molecule has 0 saturated carbocycles. The Balaban J connectivity index is 6.01. The van der Waals surface area contributed by atoms with Crippen molar-refractivity contribution in [1.29, 1.82) is 0 Å². The van der Waals surface area contributed by atoms with Crippen molar-refractivity contribution in [3.63, 3.8) is 0 Å². The summed E-state index contributed by atoms with van der Waals surface area (Å²) in [5, 5.41) is 6.04. The second-order valence-electron chi connectivity index (χ2n) is 5.82. The van der Waals surface area contributed by atoms with Gasteiger partial charge in [0.2, 0.25) is 0 Å². The van der Waals surface area contributed by atoms with Crippen LogP contribution in [0.1, 0.15) is 55.4 Å². The summed E-state index contributed by atoms with van der Waals surface area (Å²) in [5.41, 5.74) is 0. The third kappa shape index (κ3) is 3.49. The van der Waals surface area contributed by atoms with Gasteiger partial charge in [0.05, 0.1) is 0 Å². The van der Waals surface area contributed by atoms with E-state index in [9.17, 15) is 0 Å². The van der Waals surface area contributed by atoms with Crippen molar-refractivity contribution < 1.29 is 0 Å². The summed E-state index contributed by atoms with van der Waals surface area (Å²) in [5.74, 6) is 0. The Hall–Kier alpha value is 1.01.